The number of hydrogen-bond donors (Lipinski definition) is 1. The van der Waals surface area contributed by atoms with Gasteiger partial charge in [-0.2, -0.15) is 0 Å². The van der Waals surface area contributed by atoms with E-state index in [-0.39, 0.29) is 17.4 Å². The van der Waals surface area contributed by atoms with Crippen molar-refractivity contribution >= 4 is 5.91 Å². The third kappa shape index (κ3) is 2.74. The molecule has 1 amide bonds. The first-order chi connectivity index (χ1) is 9.25. The van der Waals surface area contributed by atoms with E-state index in [2.05, 4.69) is 39.5 Å². The van der Waals surface area contributed by atoms with Crippen molar-refractivity contribution in [3.8, 4) is 0 Å². The number of likely N-dealkylation sites (tertiary alicyclic amines) is 1. The lowest BCUT2D eigenvalue weighted by atomic mass is 9.60. The lowest BCUT2D eigenvalue weighted by Gasteiger charge is -2.49. The number of nitrogens with two attached hydrogens (primary N) is 1. The molecule has 1 saturated carbocycles. The van der Waals surface area contributed by atoms with E-state index in [9.17, 15) is 4.79 Å². The number of amides is 1. The van der Waals surface area contributed by atoms with Crippen LogP contribution >= 0.6 is 0 Å². The van der Waals surface area contributed by atoms with Gasteiger partial charge in [0.1, 0.15) is 0 Å². The SMILES string of the molecule is CC1CCN(C(=O)C2CCC(N)C(C)C2(C)C)C(C)C1. The fourth-order valence-corrected chi connectivity index (χ4v) is 4.23. The zero-order chi connectivity index (χ0) is 15.1. The normalized spacial score (nSPS) is 41.5. The van der Waals surface area contributed by atoms with Gasteiger partial charge in [-0.05, 0) is 49.9 Å². The first-order valence-corrected chi connectivity index (χ1v) is 8.31. The predicted octanol–water partition coefficient (Wildman–Crippen LogP) is 3.03. The first-order valence-electron chi connectivity index (χ1n) is 8.31. The molecule has 0 aromatic carbocycles. The minimum atomic E-state index is 0.0114. The number of carbonyl (C=O) groups is 1. The Bertz CT molecular complexity index is 366. The smallest absolute Gasteiger partial charge is 0.226 e. The summed E-state index contributed by atoms with van der Waals surface area (Å²) in [5, 5.41) is 0. The monoisotopic (exact) mass is 280 g/mol. The molecule has 5 unspecified atom stereocenters. The zero-order valence-corrected chi connectivity index (χ0v) is 13.9. The van der Waals surface area contributed by atoms with Crippen LogP contribution < -0.4 is 5.73 Å². The van der Waals surface area contributed by atoms with Crippen molar-refractivity contribution in [3.05, 3.63) is 0 Å². The molecule has 116 valence electrons. The molecule has 0 aromatic rings. The second-order valence-corrected chi connectivity index (χ2v) is 7.91. The lowest BCUT2D eigenvalue weighted by molar-refractivity contribution is -0.147. The van der Waals surface area contributed by atoms with Crippen LogP contribution in [-0.2, 0) is 4.79 Å². The highest BCUT2D eigenvalue weighted by atomic mass is 16.2. The summed E-state index contributed by atoms with van der Waals surface area (Å²) < 4.78 is 0. The fraction of sp³-hybridized carbons (Fsp3) is 0.941. The standard InChI is InChI=1S/C17H32N2O/c1-11-8-9-19(12(2)10-11)16(20)14-6-7-15(18)13(3)17(14,4)5/h11-15H,6-10,18H2,1-5H3. The largest absolute Gasteiger partial charge is 0.340 e. The zero-order valence-electron chi connectivity index (χ0n) is 13.9. The molecule has 0 spiro atoms. The van der Waals surface area contributed by atoms with Gasteiger partial charge in [-0.25, -0.2) is 0 Å². The van der Waals surface area contributed by atoms with Crippen LogP contribution in [0.5, 0.6) is 0 Å². The first kappa shape index (κ1) is 15.8. The van der Waals surface area contributed by atoms with Gasteiger partial charge >= 0.3 is 0 Å². The summed E-state index contributed by atoms with van der Waals surface area (Å²) in [5.74, 6) is 1.69. The molecule has 2 aliphatic rings. The van der Waals surface area contributed by atoms with E-state index in [1.807, 2.05) is 0 Å². The number of piperidine rings is 1. The van der Waals surface area contributed by atoms with Gasteiger partial charge in [-0.15, -0.1) is 0 Å². The molecular formula is C17H32N2O. The summed E-state index contributed by atoms with van der Waals surface area (Å²) >= 11 is 0. The van der Waals surface area contributed by atoms with Crippen LogP contribution in [-0.4, -0.2) is 29.4 Å². The van der Waals surface area contributed by atoms with E-state index in [1.54, 1.807) is 0 Å². The lowest BCUT2D eigenvalue weighted by Crippen LogP contribution is -2.55. The molecule has 0 radical (unpaired) electrons. The summed E-state index contributed by atoms with van der Waals surface area (Å²) in [6, 6.07) is 0.640. The average Bonchev–Trinajstić information content (AvgIpc) is 2.35. The van der Waals surface area contributed by atoms with E-state index in [0.29, 0.717) is 17.9 Å². The molecule has 1 heterocycles. The van der Waals surface area contributed by atoms with E-state index < -0.39 is 0 Å². The summed E-state index contributed by atoms with van der Waals surface area (Å²) in [6.07, 6.45) is 4.24. The molecule has 5 atom stereocenters. The highest BCUT2D eigenvalue weighted by Crippen LogP contribution is 2.45. The van der Waals surface area contributed by atoms with E-state index >= 15 is 0 Å². The molecule has 1 aliphatic heterocycles. The third-order valence-electron chi connectivity index (χ3n) is 6.22. The van der Waals surface area contributed by atoms with Crippen LogP contribution in [0.4, 0.5) is 0 Å². The molecule has 20 heavy (non-hydrogen) atoms. The van der Waals surface area contributed by atoms with Crippen LogP contribution in [0.3, 0.4) is 0 Å². The summed E-state index contributed by atoms with van der Waals surface area (Å²) in [5.41, 5.74) is 6.23. The van der Waals surface area contributed by atoms with Gasteiger partial charge in [0.25, 0.3) is 0 Å². The van der Waals surface area contributed by atoms with Crippen molar-refractivity contribution < 1.29 is 4.79 Å². The molecule has 2 N–H and O–H groups in total. The maximum Gasteiger partial charge on any atom is 0.226 e. The van der Waals surface area contributed by atoms with Crippen molar-refractivity contribution in [3.63, 3.8) is 0 Å². The summed E-state index contributed by atoms with van der Waals surface area (Å²) in [4.78, 5) is 15.2. The maximum absolute atomic E-state index is 13.0. The average molecular weight is 280 g/mol. The van der Waals surface area contributed by atoms with Gasteiger partial charge in [0.15, 0.2) is 0 Å². The van der Waals surface area contributed by atoms with Crippen LogP contribution in [0.1, 0.15) is 60.3 Å². The van der Waals surface area contributed by atoms with Gasteiger partial charge in [-0.1, -0.05) is 27.7 Å². The Morgan fingerprint density at radius 3 is 2.40 bits per heavy atom. The quantitative estimate of drug-likeness (QED) is 0.802. The molecule has 1 aliphatic carbocycles. The van der Waals surface area contributed by atoms with Crippen molar-refractivity contribution in [1.29, 1.82) is 0 Å². The molecule has 0 bridgehead atoms. The van der Waals surface area contributed by atoms with Crippen molar-refractivity contribution in [2.24, 2.45) is 28.9 Å². The maximum atomic E-state index is 13.0. The van der Waals surface area contributed by atoms with Crippen molar-refractivity contribution in [2.45, 2.75) is 72.4 Å². The Morgan fingerprint density at radius 1 is 1.15 bits per heavy atom. The molecule has 0 aromatic heterocycles. The predicted molar refractivity (Wildman–Crippen MR) is 83.2 cm³/mol. The van der Waals surface area contributed by atoms with Gasteiger partial charge < -0.3 is 10.6 Å². The van der Waals surface area contributed by atoms with Crippen LogP contribution in [0.15, 0.2) is 0 Å². The molecule has 3 nitrogen and oxygen atoms in total. The second kappa shape index (κ2) is 5.67. The molecule has 2 fully saturated rings. The highest BCUT2D eigenvalue weighted by molar-refractivity contribution is 5.80. The van der Waals surface area contributed by atoms with Crippen molar-refractivity contribution in [2.75, 3.05) is 6.54 Å². The molecule has 2 rings (SSSR count). The van der Waals surface area contributed by atoms with Crippen LogP contribution in [0.25, 0.3) is 0 Å². The van der Waals surface area contributed by atoms with Gasteiger partial charge in [-0.3, -0.25) is 4.79 Å². The Kier molecular flexibility index (Phi) is 4.48. The van der Waals surface area contributed by atoms with Crippen LogP contribution in [0, 0.1) is 23.2 Å². The second-order valence-electron chi connectivity index (χ2n) is 7.91. The summed E-state index contributed by atoms with van der Waals surface area (Å²) in [7, 11) is 0. The highest BCUT2D eigenvalue weighted by Gasteiger charge is 2.47. The van der Waals surface area contributed by atoms with Gasteiger partial charge in [0.2, 0.25) is 5.91 Å². The Balaban J connectivity index is 2.12. The van der Waals surface area contributed by atoms with Gasteiger partial charge in [0, 0.05) is 24.5 Å². The molecule has 3 heteroatoms. The molecular weight excluding hydrogens is 248 g/mol. The Labute approximate surface area is 124 Å². The topological polar surface area (TPSA) is 46.3 Å². The third-order valence-corrected chi connectivity index (χ3v) is 6.22. The van der Waals surface area contributed by atoms with Gasteiger partial charge in [0.05, 0.1) is 0 Å². The number of rotatable bonds is 1. The number of carbonyl (C=O) groups excluding carboxylic acids is 1. The van der Waals surface area contributed by atoms with Crippen molar-refractivity contribution in [1.82, 2.24) is 4.90 Å². The number of nitrogens with zero attached hydrogens (tertiary/aromatic N) is 1. The van der Waals surface area contributed by atoms with E-state index in [4.69, 9.17) is 5.73 Å². The van der Waals surface area contributed by atoms with Crippen LogP contribution in [0.2, 0.25) is 0 Å². The van der Waals surface area contributed by atoms with E-state index in [0.717, 1.165) is 38.1 Å². The number of hydrogen-bond acceptors (Lipinski definition) is 2. The Morgan fingerprint density at radius 2 is 1.80 bits per heavy atom. The minimum absolute atomic E-state index is 0.0114. The van der Waals surface area contributed by atoms with E-state index in [1.165, 1.54) is 0 Å². The fourth-order valence-electron chi connectivity index (χ4n) is 4.23. The summed E-state index contributed by atoms with van der Waals surface area (Å²) in [6.45, 7) is 12.1. The Hall–Kier alpha value is -0.570. The minimum Gasteiger partial charge on any atom is -0.340 e. The molecule has 1 saturated heterocycles.